The maximum atomic E-state index is 12.3. The summed E-state index contributed by atoms with van der Waals surface area (Å²) in [5.41, 5.74) is 0.400. The van der Waals surface area contributed by atoms with Crippen molar-refractivity contribution in [3.05, 3.63) is 48.0 Å². The highest BCUT2D eigenvalue weighted by Gasteiger charge is 2.33. The van der Waals surface area contributed by atoms with Crippen LogP contribution in [0.3, 0.4) is 0 Å². The van der Waals surface area contributed by atoms with Gasteiger partial charge in [-0.3, -0.25) is 4.79 Å². The van der Waals surface area contributed by atoms with Crippen molar-refractivity contribution in [3.63, 3.8) is 0 Å². The van der Waals surface area contributed by atoms with Gasteiger partial charge in [0, 0.05) is 13.1 Å². The molecule has 0 aromatic heterocycles. The third-order valence-corrected chi connectivity index (χ3v) is 6.24. The summed E-state index contributed by atoms with van der Waals surface area (Å²) in [6, 6.07) is 12.4. The third kappa shape index (κ3) is 3.82. The lowest BCUT2D eigenvalue weighted by Gasteiger charge is -2.23. The Morgan fingerprint density at radius 3 is 2.60 bits per heavy atom. The van der Waals surface area contributed by atoms with E-state index >= 15 is 0 Å². The van der Waals surface area contributed by atoms with Gasteiger partial charge in [-0.2, -0.15) is 0 Å². The molecule has 2 aromatic carbocycles. The average Bonchev–Trinajstić information content (AvgIpc) is 2.98. The van der Waals surface area contributed by atoms with Crippen LogP contribution in [0.15, 0.2) is 42.5 Å². The van der Waals surface area contributed by atoms with Crippen molar-refractivity contribution in [1.82, 2.24) is 4.90 Å². The predicted octanol–water partition coefficient (Wildman–Crippen LogP) is 1.64. The minimum Gasteiger partial charge on any atom is -0.452 e. The molecule has 1 heterocycles. The first-order valence-electron chi connectivity index (χ1n) is 7.98. The van der Waals surface area contributed by atoms with Gasteiger partial charge in [0.05, 0.1) is 17.1 Å². The zero-order chi connectivity index (χ0) is 18.0. The highest BCUT2D eigenvalue weighted by molar-refractivity contribution is 7.91. The van der Waals surface area contributed by atoms with Crippen molar-refractivity contribution < 1.29 is 22.7 Å². The van der Waals surface area contributed by atoms with Crippen LogP contribution in [0.1, 0.15) is 16.8 Å². The van der Waals surface area contributed by atoms with Crippen molar-refractivity contribution in [1.29, 1.82) is 0 Å². The molecule has 1 fully saturated rings. The molecule has 1 aliphatic rings. The number of esters is 1. The second kappa shape index (κ2) is 6.84. The normalized spacial score (nSPS) is 18.8. The van der Waals surface area contributed by atoms with Gasteiger partial charge < -0.3 is 9.64 Å². The Balaban J connectivity index is 1.65. The zero-order valence-electron chi connectivity index (χ0n) is 13.8. The Morgan fingerprint density at radius 2 is 1.88 bits per heavy atom. The molecule has 2 aromatic rings. The van der Waals surface area contributed by atoms with E-state index in [1.54, 1.807) is 19.2 Å². The molecule has 0 radical (unpaired) electrons. The molecule has 0 saturated carbocycles. The van der Waals surface area contributed by atoms with E-state index in [1.165, 1.54) is 4.90 Å². The van der Waals surface area contributed by atoms with Crippen LogP contribution in [0.4, 0.5) is 0 Å². The number of fused-ring (bicyclic) bond motifs is 1. The molecular formula is C18H19NO5S. The first kappa shape index (κ1) is 17.4. The molecule has 25 heavy (non-hydrogen) atoms. The van der Waals surface area contributed by atoms with Crippen molar-refractivity contribution >= 4 is 32.5 Å². The standard InChI is InChI=1S/C18H19NO5S/c1-19(14-9-10-25(22,23)12-14)17(20)11-24-18(21)16-8-4-6-13-5-2-3-7-15(13)16/h2-8,14H,9-12H2,1H3. The summed E-state index contributed by atoms with van der Waals surface area (Å²) in [7, 11) is -1.53. The molecule has 1 saturated heterocycles. The number of benzene rings is 2. The summed E-state index contributed by atoms with van der Waals surface area (Å²) in [4.78, 5) is 25.9. The zero-order valence-corrected chi connectivity index (χ0v) is 14.7. The molecule has 1 aliphatic heterocycles. The molecule has 0 bridgehead atoms. The molecule has 0 spiro atoms. The second-order valence-corrected chi connectivity index (χ2v) is 8.39. The summed E-state index contributed by atoms with van der Waals surface area (Å²) in [6.45, 7) is -0.408. The van der Waals surface area contributed by atoms with Gasteiger partial charge in [-0.1, -0.05) is 36.4 Å². The van der Waals surface area contributed by atoms with E-state index in [2.05, 4.69) is 0 Å². The van der Waals surface area contributed by atoms with E-state index in [1.807, 2.05) is 30.3 Å². The number of hydrogen-bond donors (Lipinski definition) is 0. The maximum absolute atomic E-state index is 12.3. The van der Waals surface area contributed by atoms with E-state index in [4.69, 9.17) is 4.74 Å². The number of hydrogen-bond acceptors (Lipinski definition) is 5. The van der Waals surface area contributed by atoms with Crippen LogP contribution in [0, 0.1) is 0 Å². The lowest BCUT2D eigenvalue weighted by Crippen LogP contribution is -2.40. The van der Waals surface area contributed by atoms with Crippen LogP contribution in [0.2, 0.25) is 0 Å². The van der Waals surface area contributed by atoms with E-state index in [0.717, 1.165) is 10.8 Å². The van der Waals surface area contributed by atoms with Crippen LogP contribution in [0.25, 0.3) is 10.8 Å². The van der Waals surface area contributed by atoms with Gasteiger partial charge in [0.2, 0.25) is 0 Å². The van der Waals surface area contributed by atoms with Gasteiger partial charge in [-0.05, 0) is 23.3 Å². The Hall–Kier alpha value is -2.41. The SMILES string of the molecule is CN(C(=O)COC(=O)c1cccc2ccccc12)C1CCS(=O)(=O)C1. The molecule has 132 valence electrons. The summed E-state index contributed by atoms with van der Waals surface area (Å²) in [5.74, 6) is -0.925. The van der Waals surface area contributed by atoms with Gasteiger partial charge >= 0.3 is 5.97 Å². The summed E-state index contributed by atoms with van der Waals surface area (Å²) >= 11 is 0. The molecular weight excluding hydrogens is 342 g/mol. The molecule has 1 amide bonds. The highest BCUT2D eigenvalue weighted by Crippen LogP contribution is 2.20. The van der Waals surface area contributed by atoms with Crippen LogP contribution in [-0.2, 0) is 19.4 Å². The van der Waals surface area contributed by atoms with E-state index in [0.29, 0.717) is 12.0 Å². The lowest BCUT2D eigenvalue weighted by atomic mass is 10.1. The Morgan fingerprint density at radius 1 is 1.16 bits per heavy atom. The van der Waals surface area contributed by atoms with E-state index in [9.17, 15) is 18.0 Å². The molecule has 6 nitrogen and oxygen atoms in total. The Labute approximate surface area is 146 Å². The molecule has 0 N–H and O–H groups in total. The number of carbonyl (C=O) groups is 2. The average molecular weight is 361 g/mol. The van der Waals surface area contributed by atoms with Crippen molar-refractivity contribution in [2.45, 2.75) is 12.5 Å². The van der Waals surface area contributed by atoms with Gasteiger partial charge in [0.1, 0.15) is 0 Å². The number of sulfone groups is 1. The lowest BCUT2D eigenvalue weighted by molar-refractivity contribution is -0.134. The first-order chi connectivity index (χ1) is 11.9. The minimum atomic E-state index is -3.07. The molecule has 1 unspecified atom stereocenters. The summed E-state index contributed by atoms with van der Waals surface area (Å²) < 4.78 is 28.2. The maximum Gasteiger partial charge on any atom is 0.339 e. The number of ether oxygens (including phenoxy) is 1. The topological polar surface area (TPSA) is 80.8 Å². The third-order valence-electron chi connectivity index (χ3n) is 4.49. The molecule has 3 rings (SSSR count). The Kier molecular flexibility index (Phi) is 4.76. The largest absolute Gasteiger partial charge is 0.452 e. The van der Waals surface area contributed by atoms with Crippen molar-refractivity contribution in [2.24, 2.45) is 0 Å². The number of nitrogens with zero attached hydrogens (tertiary/aromatic N) is 1. The fraction of sp³-hybridized carbons (Fsp3) is 0.333. The van der Waals surface area contributed by atoms with Gasteiger partial charge in [-0.25, -0.2) is 13.2 Å². The van der Waals surface area contributed by atoms with E-state index < -0.39 is 28.3 Å². The molecule has 7 heteroatoms. The fourth-order valence-corrected chi connectivity index (χ4v) is 4.77. The van der Waals surface area contributed by atoms with Crippen molar-refractivity contribution in [2.75, 3.05) is 25.2 Å². The van der Waals surface area contributed by atoms with Crippen LogP contribution < -0.4 is 0 Å². The fourth-order valence-electron chi connectivity index (χ4n) is 2.99. The monoisotopic (exact) mass is 361 g/mol. The van der Waals surface area contributed by atoms with Gasteiger partial charge in [-0.15, -0.1) is 0 Å². The Bertz CT molecular complexity index is 917. The molecule has 0 aliphatic carbocycles. The molecule has 1 atom stereocenters. The van der Waals surface area contributed by atoms with Gasteiger partial charge in [0.25, 0.3) is 5.91 Å². The number of amides is 1. The highest BCUT2D eigenvalue weighted by atomic mass is 32.2. The second-order valence-electron chi connectivity index (χ2n) is 6.16. The number of rotatable bonds is 4. The van der Waals surface area contributed by atoms with Gasteiger partial charge in [0.15, 0.2) is 16.4 Å². The van der Waals surface area contributed by atoms with Crippen LogP contribution in [0.5, 0.6) is 0 Å². The van der Waals surface area contributed by atoms with E-state index in [-0.39, 0.29) is 17.5 Å². The number of likely N-dealkylation sites (N-methyl/N-ethyl adjacent to an activating group) is 1. The summed E-state index contributed by atoms with van der Waals surface area (Å²) in [5, 5.41) is 1.68. The van der Waals surface area contributed by atoms with Crippen molar-refractivity contribution in [3.8, 4) is 0 Å². The number of carbonyl (C=O) groups excluding carboxylic acids is 2. The van der Waals surface area contributed by atoms with Crippen LogP contribution in [-0.4, -0.2) is 56.4 Å². The van der Waals surface area contributed by atoms with Crippen LogP contribution >= 0.6 is 0 Å². The predicted molar refractivity (Wildman–Crippen MR) is 94.1 cm³/mol. The smallest absolute Gasteiger partial charge is 0.339 e. The minimum absolute atomic E-state index is 0.0352. The quantitative estimate of drug-likeness (QED) is 0.774. The first-order valence-corrected chi connectivity index (χ1v) is 9.80. The summed E-state index contributed by atoms with van der Waals surface area (Å²) in [6.07, 6.45) is 0.418.